The fourth-order valence-electron chi connectivity index (χ4n) is 5.45. The third kappa shape index (κ3) is 33.4. The molecule has 0 radical (unpaired) electrons. The van der Waals surface area contributed by atoms with Crippen LogP contribution in [0.15, 0.2) is 0 Å². The van der Waals surface area contributed by atoms with Crippen LogP contribution in [0.1, 0.15) is 201 Å². The van der Waals surface area contributed by atoms with Gasteiger partial charge in [0.05, 0.1) is 0 Å². The van der Waals surface area contributed by atoms with Crippen molar-refractivity contribution in [3.63, 3.8) is 0 Å². The fourth-order valence-corrected chi connectivity index (χ4v) is 5.45. The minimum absolute atomic E-state index is 0.108. The van der Waals surface area contributed by atoms with Gasteiger partial charge in [-0.3, -0.25) is 9.59 Å². The highest BCUT2D eigenvalue weighted by Gasteiger charge is 2.12. The maximum absolute atomic E-state index is 11.9. The summed E-state index contributed by atoms with van der Waals surface area (Å²) in [5.41, 5.74) is 0. The summed E-state index contributed by atoms with van der Waals surface area (Å²) in [6.07, 6.45) is 32.9. The van der Waals surface area contributed by atoms with Gasteiger partial charge >= 0.3 is 11.9 Å². The Bertz CT molecular complexity index is 577. The summed E-state index contributed by atoms with van der Waals surface area (Å²) < 4.78 is 10.3. The predicted molar refractivity (Wildman–Crippen MR) is 178 cm³/mol. The summed E-state index contributed by atoms with van der Waals surface area (Å²) in [5, 5.41) is 9.98. The van der Waals surface area contributed by atoms with Gasteiger partial charge in [-0.05, 0) is 18.8 Å². The van der Waals surface area contributed by atoms with Gasteiger partial charge in [0.2, 0.25) is 0 Å². The van der Waals surface area contributed by atoms with E-state index in [4.69, 9.17) is 9.47 Å². The van der Waals surface area contributed by atoms with Gasteiger partial charge in [-0.2, -0.15) is 0 Å². The number of hydrogen-bond donors (Lipinski definition) is 1. The topological polar surface area (TPSA) is 72.8 Å². The lowest BCUT2D eigenvalue weighted by Gasteiger charge is -2.12. The zero-order valence-corrected chi connectivity index (χ0v) is 28.4. The zero-order chi connectivity index (χ0) is 30.9. The summed E-state index contributed by atoms with van der Waals surface area (Å²) in [7, 11) is 0. The van der Waals surface area contributed by atoms with Crippen molar-refractivity contribution in [3.05, 3.63) is 0 Å². The maximum atomic E-state index is 11.9. The summed E-state index contributed by atoms with van der Waals surface area (Å²) in [5.74, 6) is 0.293. The van der Waals surface area contributed by atoms with Crippen molar-refractivity contribution in [1.82, 2.24) is 0 Å². The lowest BCUT2D eigenvalue weighted by Crippen LogP contribution is -2.25. The monoisotopic (exact) mass is 597 g/mol. The van der Waals surface area contributed by atoms with Gasteiger partial charge < -0.3 is 14.6 Å². The maximum Gasteiger partial charge on any atom is 0.305 e. The van der Waals surface area contributed by atoms with E-state index < -0.39 is 6.10 Å². The van der Waals surface area contributed by atoms with Gasteiger partial charge in [0.25, 0.3) is 0 Å². The van der Waals surface area contributed by atoms with E-state index >= 15 is 0 Å². The van der Waals surface area contributed by atoms with Crippen LogP contribution in [0.3, 0.4) is 0 Å². The van der Waals surface area contributed by atoms with Crippen molar-refractivity contribution in [3.8, 4) is 0 Å². The van der Waals surface area contributed by atoms with Crippen LogP contribution in [-0.2, 0) is 19.1 Å². The highest BCUT2D eigenvalue weighted by atomic mass is 16.6. The third-order valence-electron chi connectivity index (χ3n) is 8.27. The highest BCUT2D eigenvalue weighted by Crippen LogP contribution is 2.15. The number of esters is 2. The Balaban J connectivity index is 3.39. The van der Waals surface area contributed by atoms with E-state index in [2.05, 4.69) is 20.8 Å². The molecule has 1 N–H and O–H groups in total. The quantitative estimate of drug-likeness (QED) is 0.0602. The normalized spacial score (nSPS) is 12.1. The van der Waals surface area contributed by atoms with Crippen molar-refractivity contribution in [1.29, 1.82) is 0 Å². The van der Waals surface area contributed by atoms with E-state index in [1.54, 1.807) is 0 Å². The molecule has 0 fully saturated rings. The molecule has 0 saturated carbocycles. The molecule has 0 aromatic rings. The molecule has 0 saturated heterocycles. The van der Waals surface area contributed by atoms with Gasteiger partial charge in [-0.15, -0.1) is 0 Å². The smallest absolute Gasteiger partial charge is 0.305 e. The molecule has 250 valence electrons. The van der Waals surface area contributed by atoms with Gasteiger partial charge in [-0.1, -0.05) is 175 Å². The Kier molecular flexibility index (Phi) is 31.9. The van der Waals surface area contributed by atoms with Crippen LogP contribution in [-0.4, -0.2) is 36.4 Å². The highest BCUT2D eigenvalue weighted by molar-refractivity contribution is 5.69. The van der Waals surface area contributed by atoms with Crippen LogP contribution >= 0.6 is 0 Å². The molecule has 0 aromatic carbocycles. The van der Waals surface area contributed by atoms with Crippen LogP contribution in [0.2, 0.25) is 0 Å². The standard InChI is InChI=1S/C37H72O5/c1-4-5-6-7-8-9-10-15-18-21-24-27-30-36(39)41-32-35(38)33-42-37(40)31-28-25-22-19-16-13-11-12-14-17-20-23-26-29-34(2)3/h34-35,38H,4-33H2,1-3H3/t35-/m1/s1. The number of aliphatic hydroxyl groups is 1. The van der Waals surface area contributed by atoms with Gasteiger partial charge in [0.15, 0.2) is 0 Å². The molecule has 42 heavy (non-hydrogen) atoms. The first-order chi connectivity index (χ1) is 20.5. The number of aliphatic hydroxyl groups excluding tert-OH is 1. The molecule has 0 heterocycles. The molecule has 5 nitrogen and oxygen atoms in total. The van der Waals surface area contributed by atoms with Crippen LogP contribution in [0.4, 0.5) is 0 Å². The molecule has 0 aliphatic rings. The molecule has 0 aliphatic carbocycles. The minimum Gasteiger partial charge on any atom is -0.463 e. The number of carbonyl (C=O) groups is 2. The largest absolute Gasteiger partial charge is 0.463 e. The molecule has 0 aliphatic heterocycles. The second-order valence-electron chi connectivity index (χ2n) is 13.2. The van der Waals surface area contributed by atoms with E-state index in [1.165, 1.54) is 141 Å². The van der Waals surface area contributed by atoms with Crippen LogP contribution in [0.25, 0.3) is 0 Å². The summed E-state index contributed by atoms with van der Waals surface area (Å²) in [6, 6.07) is 0. The fraction of sp³-hybridized carbons (Fsp3) is 0.946. The number of unbranched alkanes of at least 4 members (excludes halogenated alkanes) is 23. The lowest BCUT2D eigenvalue weighted by molar-refractivity contribution is -0.152. The lowest BCUT2D eigenvalue weighted by atomic mass is 10.0. The second-order valence-corrected chi connectivity index (χ2v) is 13.2. The SMILES string of the molecule is CCCCCCCCCCCCCCC(=O)OC[C@@H](O)COC(=O)CCCCCCCCCCCCCCCC(C)C. The van der Waals surface area contributed by atoms with Gasteiger partial charge in [0, 0.05) is 12.8 Å². The molecule has 0 bridgehead atoms. The van der Waals surface area contributed by atoms with Crippen molar-refractivity contribution >= 4 is 11.9 Å². The molecule has 1 atom stereocenters. The first kappa shape index (κ1) is 40.9. The average Bonchev–Trinajstić information content (AvgIpc) is 2.97. The zero-order valence-electron chi connectivity index (χ0n) is 28.4. The van der Waals surface area contributed by atoms with E-state index in [9.17, 15) is 14.7 Å². The Labute approximate surface area is 261 Å². The summed E-state index contributed by atoms with van der Waals surface area (Å²) in [4.78, 5) is 23.8. The van der Waals surface area contributed by atoms with E-state index in [-0.39, 0.29) is 25.2 Å². The minimum atomic E-state index is -0.954. The Morgan fingerprint density at radius 3 is 1.07 bits per heavy atom. The van der Waals surface area contributed by atoms with E-state index in [0.717, 1.165) is 31.6 Å². The van der Waals surface area contributed by atoms with Crippen LogP contribution in [0, 0.1) is 5.92 Å². The predicted octanol–water partition coefficient (Wildman–Crippen LogP) is 11.0. The Morgan fingerprint density at radius 2 is 0.762 bits per heavy atom. The summed E-state index contributed by atoms with van der Waals surface area (Å²) in [6.45, 7) is 6.66. The van der Waals surface area contributed by atoms with Crippen molar-refractivity contribution in [2.45, 2.75) is 207 Å². The molecule has 0 aromatic heterocycles. The number of ether oxygens (including phenoxy) is 2. The number of rotatable bonds is 33. The molecule has 0 rings (SSSR count). The van der Waals surface area contributed by atoms with Crippen LogP contribution in [0.5, 0.6) is 0 Å². The molecular formula is C37H72O5. The van der Waals surface area contributed by atoms with Crippen LogP contribution < -0.4 is 0 Å². The van der Waals surface area contributed by atoms with E-state index in [0.29, 0.717) is 12.8 Å². The van der Waals surface area contributed by atoms with E-state index in [1.807, 2.05) is 0 Å². The molecule has 5 heteroatoms. The number of carbonyl (C=O) groups excluding carboxylic acids is 2. The first-order valence-corrected chi connectivity index (χ1v) is 18.4. The van der Waals surface area contributed by atoms with Crippen molar-refractivity contribution in [2.24, 2.45) is 5.92 Å². The molecule has 0 amide bonds. The summed E-state index contributed by atoms with van der Waals surface area (Å²) >= 11 is 0. The van der Waals surface area contributed by atoms with Crippen molar-refractivity contribution < 1.29 is 24.2 Å². The molecule has 0 unspecified atom stereocenters. The Hall–Kier alpha value is -1.10. The van der Waals surface area contributed by atoms with Crippen molar-refractivity contribution in [2.75, 3.05) is 13.2 Å². The van der Waals surface area contributed by atoms with Gasteiger partial charge in [-0.25, -0.2) is 0 Å². The second kappa shape index (κ2) is 32.8. The molecule has 0 spiro atoms. The average molecular weight is 597 g/mol. The first-order valence-electron chi connectivity index (χ1n) is 18.4. The number of hydrogen-bond acceptors (Lipinski definition) is 5. The van der Waals surface area contributed by atoms with Gasteiger partial charge in [0.1, 0.15) is 19.3 Å². The Morgan fingerprint density at radius 1 is 0.476 bits per heavy atom. The third-order valence-corrected chi connectivity index (χ3v) is 8.27. The molecular weight excluding hydrogens is 524 g/mol.